The maximum Gasteiger partial charge on any atom is 0.0751 e. The lowest BCUT2D eigenvalue weighted by Crippen LogP contribution is -2.39. The van der Waals surface area contributed by atoms with Crippen LogP contribution in [0.5, 0.6) is 0 Å². The van der Waals surface area contributed by atoms with Crippen molar-refractivity contribution in [2.45, 2.75) is 32.7 Å². The van der Waals surface area contributed by atoms with Crippen molar-refractivity contribution in [2.24, 2.45) is 5.92 Å². The number of fused-ring (bicyclic) bond motifs is 1. The first-order valence-electron chi connectivity index (χ1n) is 7.94. The van der Waals surface area contributed by atoms with Crippen LogP contribution < -0.4 is 5.32 Å². The summed E-state index contributed by atoms with van der Waals surface area (Å²) in [6.07, 6.45) is 4.50. The molecule has 1 aromatic heterocycles. The highest BCUT2D eigenvalue weighted by atomic mass is 15.1. The zero-order chi connectivity index (χ0) is 14.8. The van der Waals surface area contributed by atoms with Gasteiger partial charge in [0.15, 0.2) is 0 Å². The number of hydrogen-bond acceptors (Lipinski definition) is 3. The number of nitrogens with one attached hydrogen (secondary N) is 1. The molecule has 3 rings (SSSR count). The van der Waals surface area contributed by atoms with Crippen LogP contribution in [-0.4, -0.2) is 36.1 Å². The zero-order valence-corrected chi connectivity index (χ0v) is 13.3. The second-order valence-corrected chi connectivity index (χ2v) is 6.43. The molecule has 2 aromatic rings. The van der Waals surface area contributed by atoms with Crippen LogP contribution in [0, 0.1) is 12.8 Å². The van der Waals surface area contributed by atoms with Gasteiger partial charge in [0.1, 0.15) is 0 Å². The summed E-state index contributed by atoms with van der Waals surface area (Å²) in [5, 5.41) is 4.97. The van der Waals surface area contributed by atoms with Crippen molar-refractivity contribution in [3.8, 4) is 0 Å². The van der Waals surface area contributed by atoms with Gasteiger partial charge in [0.2, 0.25) is 0 Å². The summed E-state index contributed by atoms with van der Waals surface area (Å²) in [6, 6.07) is 9.03. The number of pyridine rings is 1. The monoisotopic (exact) mass is 283 g/mol. The van der Waals surface area contributed by atoms with Crippen LogP contribution >= 0.6 is 0 Å². The highest BCUT2D eigenvalue weighted by molar-refractivity contribution is 5.93. The Balaban J connectivity index is 1.83. The molecular weight excluding hydrogens is 258 g/mol. The number of nitrogens with zero attached hydrogens (tertiary/aromatic N) is 2. The minimum absolute atomic E-state index is 0.485. The van der Waals surface area contributed by atoms with Gasteiger partial charge in [0, 0.05) is 29.9 Å². The van der Waals surface area contributed by atoms with Crippen molar-refractivity contribution >= 4 is 16.6 Å². The second-order valence-electron chi connectivity index (χ2n) is 6.43. The van der Waals surface area contributed by atoms with Crippen LogP contribution in [-0.2, 0) is 0 Å². The van der Waals surface area contributed by atoms with Gasteiger partial charge in [0.05, 0.1) is 5.52 Å². The van der Waals surface area contributed by atoms with E-state index in [1.807, 2.05) is 12.3 Å². The molecule has 1 N–H and O–H groups in total. The van der Waals surface area contributed by atoms with E-state index in [2.05, 4.69) is 54.3 Å². The molecule has 112 valence electrons. The quantitative estimate of drug-likeness (QED) is 0.931. The maximum absolute atomic E-state index is 4.53. The van der Waals surface area contributed by atoms with Gasteiger partial charge in [-0.1, -0.05) is 6.07 Å². The molecule has 1 aromatic carbocycles. The van der Waals surface area contributed by atoms with Crippen LogP contribution in [0.25, 0.3) is 10.9 Å². The third kappa shape index (κ3) is 3.03. The Bertz CT molecular complexity index is 623. The van der Waals surface area contributed by atoms with Gasteiger partial charge >= 0.3 is 0 Å². The SMILES string of the molecule is Cc1ccc(NC(C)C2CCCN(C)C2)c2cccnc12. The van der Waals surface area contributed by atoms with Gasteiger partial charge in [-0.05, 0) is 70.0 Å². The molecule has 2 heterocycles. The van der Waals surface area contributed by atoms with Crippen molar-refractivity contribution in [3.05, 3.63) is 36.0 Å². The normalized spacial score (nSPS) is 21.4. The Hall–Kier alpha value is -1.61. The van der Waals surface area contributed by atoms with Crippen LogP contribution in [0.15, 0.2) is 30.5 Å². The standard InChI is InChI=1S/C18H25N3/c1-13-8-9-17(16-7-4-10-19-18(13)16)20-14(2)15-6-5-11-21(3)12-15/h4,7-10,14-15,20H,5-6,11-12H2,1-3H3. The number of aryl methyl sites for hydroxylation is 1. The number of piperidine rings is 1. The second kappa shape index (κ2) is 6.02. The van der Waals surface area contributed by atoms with E-state index in [-0.39, 0.29) is 0 Å². The van der Waals surface area contributed by atoms with Crippen LogP contribution in [0.3, 0.4) is 0 Å². The molecule has 0 aliphatic carbocycles. The zero-order valence-electron chi connectivity index (χ0n) is 13.3. The first-order chi connectivity index (χ1) is 10.1. The molecule has 0 radical (unpaired) electrons. The molecule has 0 bridgehead atoms. The average molecular weight is 283 g/mol. The first kappa shape index (κ1) is 14.3. The van der Waals surface area contributed by atoms with Gasteiger partial charge in [-0.15, -0.1) is 0 Å². The van der Waals surface area contributed by atoms with E-state index in [4.69, 9.17) is 0 Å². The topological polar surface area (TPSA) is 28.2 Å². The molecule has 1 fully saturated rings. The predicted molar refractivity (Wildman–Crippen MR) is 89.8 cm³/mol. The summed E-state index contributed by atoms with van der Waals surface area (Å²) in [6.45, 7) is 6.86. The Labute approximate surface area is 127 Å². The van der Waals surface area contributed by atoms with Crippen molar-refractivity contribution in [1.82, 2.24) is 9.88 Å². The Morgan fingerprint density at radius 2 is 2.19 bits per heavy atom. The minimum Gasteiger partial charge on any atom is -0.382 e. The molecule has 21 heavy (non-hydrogen) atoms. The number of aromatic nitrogens is 1. The van der Waals surface area contributed by atoms with Gasteiger partial charge in [-0.25, -0.2) is 0 Å². The molecule has 0 saturated carbocycles. The summed E-state index contributed by atoms with van der Waals surface area (Å²) >= 11 is 0. The molecule has 0 spiro atoms. The fourth-order valence-electron chi connectivity index (χ4n) is 3.42. The van der Waals surface area contributed by atoms with Crippen molar-refractivity contribution in [2.75, 3.05) is 25.5 Å². The Morgan fingerprint density at radius 3 is 3.00 bits per heavy atom. The summed E-state index contributed by atoms with van der Waals surface area (Å²) in [5.41, 5.74) is 3.56. The highest BCUT2D eigenvalue weighted by Crippen LogP contribution is 2.27. The van der Waals surface area contributed by atoms with E-state index >= 15 is 0 Å². The molecule has 3 heteroatoms. The van der Waals surface area contributed by atoms with Crippen molar-refractivity contribution in [3.63, 3.8) is 0 Å². The van der Waals surface area contributed by atoms with E-state index in [1.54, 1.807) is 0 Å². The number of rotatable bonds is 3. The molecular formula is C18H25N3. The number of anilines is 1. The van der Waals surface area contributed by atoms with E-state index in [0.717, 1.165) is 11.4 Å². The lowest BCUT2D eigenvalue weighted by molar-refractivity contribution is 0.198. The van der Waals surface area contributed by atoms with Gasteiger partial charge < -0.3 is 10.2 Å². The van der Waals surface area contributed by atoms with Crippen LogP contribution in [0.4, 0.5) is 5.69 Å². The van der Waals surface area contributed by atoms with Crippen LogP contribution in [0.2, 0.25) is 0 Å². The number of hydrogen-bond donors (Lipinski definition) is 1. The van der Waals surface area contributed by atoms with Gasteiger partial charge in [0.25, 0.3) is 0 Å². The predicted octanol–water partition coefficient (Wildman–Crippen LogP) is 3.69. The third-order valence-electron chi connectivity index (χ3n) is 4.72. The van der Waals surface area contributed by atoms with E-state index in [1.165, 1.54) is 42.6 Å². The third-order valence-corrected chi connectivity index (χ3v) is 4.72. The van der Waals surface area contributed by atoms with Gasteiger partial charge in [-0.3, -0.25) is 4.98 Å². The molecule has 1 saturated heterocycles. The lowest BCUT2D eigenvalue weighted by Gasteiger charge is -2.34. The molecule has 3 nitrogen and oxygen atoms in total. The number of benzene rings is 1. The molecule has 0 amide bonds. The lowest BCUT2D eigenvalue weighted by atomic mass is 9.91. The fraction of sp³-hybridized carbons (Fsp3) is 0.500. The summed E-state index contributed by atoms with van der Waals surface area (Å²) in [7, 11) is 2.23. The summed E-state index contributed by atoms with van der Waals surface area (Å²) in [4.78, 5) is 6.97. The minimum atomic E-state index is 0.485. The van der Waals surface area contributed by atoms with Crippen LogP contribution in [0.1, 0.15) is 25.3 Å². The van der Waals surface area contributed by atoms with Crippen molar-refractivity contribution < 1.29 is 0 Å². The summed E-state index contributed by atoms with van der Waals surface area (Å²) in [5.74, 6) is 0.719. The van der Waals surface area contributed by atoms with E-state index in [0.29, 0.717) is 6.04 Å². The largest absolute Gasteiger partial charge is 0.382 e. The molecule has 2 unspecified atom stereocenters. The smallest absolute Gasteiger partial charge is 0.0751 e. The maximum atomic E-state index is 4.53. The highest BCUT2D eigenvalue weighted by Gasteiger charge is 2.23. The molecule has 2 atom stereocenters. The Morgan fingerprint density at radius 1 is 1.33 bits per heavy atom. The van der Waals surface area contributed by atoms with E-state index < -0.39 is 0 Å². The fourth-order valence-corrected chi connectivity index (χ4v) is 3.42. The summed E-state index contributed by atoms with van der Waals surface area (Å²) < 4.78 is 0. The van der Waals surface area contributed by atoms with Gasteiger partial charge in [-0.2, -0.15) is 0 Å². The van der Waals surface area contributed by atoms with E-state index in [9.17, 15) is 0 Å². The van der Waals surface area contributed by atoms with Crippen molar-refractivity contribution in [1.29, 1.82) is 0 Å². The molecule has 1 aliphatic rings. The Kier molecular flexibility index (Phi) is 4.11. The molecule has 1 aliphatic heterocycles. The first-order valence-corrected chi connectivity index (χ1v) is 7.94. The average Bonchev–Trinajstić information content (AvgIpc) is 2.50. The number of likely N-dealkylation sites (tertiary alicyclic amines) is 1.